The van der Waals surface area contributed by atoms with Crippen molar-refractivity contribution in [2.75, 3.05) is 12.9 Å². The van der Waals surface area contributed by atoms with Crippen LogP contribution in [0.2, 0.25) is 0 Å². The number of hydrogen-bond donors (Lipinski definition) is 2. The SMILES string of the molecule is CCCC(C)N=C(N)NC(=O)/C(CC)=C(\CCc1cc(Br)ccc1OC)SCC. The number of carbonyl (C=O) groups excluding carboxylic acids is 1. The van der Waals surface area contributed by atoms with Gasteiger partial charge in [0.25, 0.3) is 5.91 Å². The second-order valence-electron chi connectivity index (χ2n) is 6.75. The second kappa shape index (κ2) is 13.7. The van der Waals surface area contributed by atoms with E-state index in [1.807, 2.05) is 26.0 Å². The van der Waals surface area contributed by atoms with Crippen molar-refractivity contribution in [3.63, 3.8) is 0 Å². The molecule has 1 atom stereocenters. The standard InChI is InChI=1S/C22H34BrN3O2S/c1-6-9-15(4)25-22(24)26-21(27)18(7-2)20(29-8-3)13-10-16-14-17(23)11-12-19(16)28-5/h11-12,14-15H,6-10,13H2,1-5H3,(H3,24,25,26,27)/b20-18+. The zero-order valence-electron chi connectivity index (χ0n) is 18.2. The van der Waals surface area contributed by atoms with Crippen molar-refractivity contribution < 1.29 is 9.53 Å². The van der Waals surface area contributed by atoms with Crippen LogP contribution >= 0.6 is 27.7 Å². The van der Waals surface area contributed by atoms with E-state index in [-0.39, 0.29) is 17.9 Å². The van der Waals surface area contributed by atoms with Crippen LogP contribution in [0.3, 0.4) is 0 Å². The highest BCUT2D eigenvalue weighted by Crippen LogP contribution is 2.30. The topological polar surface area (TPSA) is 76.7 Å². The number of methoxy groups -OCH3 is 1. The number of nitrogens with zero attached hydrogens (tertiary/aromatic N) is 1. The van der Waals surface area contributed by atoms with Crippen LogP contribution in [0, 0.1) is 0 Å². The summed E-state index contributed by atoms with van der Waals surface area (Å²) >= 11 is 5.23. The number of hydrogen-bond acceptors (Lipinski definition) is 4. The predicted octanol–water partition coefficient (Wildman–Crippen LogP) is 5.43. The van der Waals surface area contributed by atoms with E-state index in [0.717, 1.165) is 57.7 Å². The normalized spacial score (nSPS) is 13.7. The lowest BCUT2D eigenvalue weighted by Crippen LogP contribution is -2.38. The van der Waals surface area contributed by atoms with E-state index in [2.05, 4.69) is 46.2 Å². The minimum Gasteiger partial charge on any atom is -0.496 e. The zero-order chi connectivity index (χ0) is 21.8. The molecule has 0 heterocycles. The summed E-state index contributed by atoms with van der Waals surface area (Å²) in [5.41, 5.74) is 7.84. The quantitative estimate of drug-likeness (QED) is 0.250. The first kappa shape index (κ1) is 25.6. The summed E-state index contributed by atoms with van der Waals surface area (Å²) in [6.07, 6.45) is 4.17. The molecule has 0 radical (unpaired) electrons. The maximum Gasteiger partial charge on any atom is 0.254 e. The molecule has 1 amide bonds. The largest absolute Gasteiger partial charge is 0.496 e. The number of ether oxygens (including phenoxy) is 1. The zero-order valence-corrected chi connectivity index (χ0v) is 20.6. The number of carbonyl (C=O) groups is 1. The Bertz CT molecular complexity index is 735. The lowest BCUT2D eigenvalue weighted by Gasteiger charge is -2.15. The average Bonchev–Trinajstić information content (AvgIpc) is 2.66. The van der Waals surface area contributed by atoms with E-state index >= 15 is 0 Å². The van der Waals surface area contributed by atoms with Gasteiger partial charge in [0.2, 0.25) is 0 Å². The van der Waals surface area contributed by atoms with E-state index in [1.165, 1.54) is 0 Å². The number of guanidine groups is 1. The molecular formula is C22H34BrN3O2S. The molecule has 1 aromatic rings. The Morgan fingerprint density at radius 3 is 2.66 bits per heavy atom. The summed E-state index contributed by atoms with van der Waals surface area (Å²) in [7, 11) is 1.68. The number of benzene rings is 1. The summed E-state index contributed by atoms with van der Waals surface area (Å²) < 4.78 is 6.50. The number of halogens is 1. The van der Waals surface area contributed by atoms with Gasteiger partial charge in [0.15, 0.2) is 5.96 Å². The average molecular weight is 485 g/mol. The molecule has 7 heteroatoms. The van der Waals surface area contributed by atoms with E-state index in [1.54, 1.807) is 18.9 Å². The maximum atomic E-state index is 12.9. The van der Waals surface area contributed by atoms with Gasteiger partial charge < -0.3 is 10.5 Å². The van der Waals surface area contributed by atoms with E-state index in [4.69, 9.17) is 10.5 Å². The van der Waals surface area contributed by atoms with Crippen molar-refractivity contribution in [3.8, 4) is 5.75 Å². The van der Waals surface area contributed by atoms with Crippen molar-refractivity contribution in [2.24, 2.45) is 10.7 Å². The summed E-state index contributed by atoms with van der Waals surface area (Å²) in [6, 6.07) is 6.09. The summed E-state index contributed by atoms with van der Waals surface area (Å²) in [5, 5.41) is 2.77. The summed E-state index contributed by atoms with van der Waals surface area (Å²) in [4.78, 5) is 18.3. The summed E-state index contributed by atoms with van der Waals surface area (Å²) in [5.74, 6) is 1.79. The number of thioether (sulfide) groups is 1. The Morgan fingerprint density at radius 2 is 2.07 bits per heavy atom. The molecule has 0 aromatic heterocycles. The molecule has 0 aliphatic carbocycles. The maximum absolute atomic E-state index is 12.9. The molecule has 5 nitrogen and oxygen atoms in total. The van der Waals surface area contributed by atoms with Gasteiger partial charge >= 0.3 is 0 Å². The fourth-order valence-electron chi connectivity index (χ4n) is 3.10. The predicted molar refractivity (Wildman–Crippen MR) is 129 cm³/mol. The van der Waals surface area contributed by atoms with E-state index in [9.17, 15) is 4.79 Å². The number of allylic oxidation sites excluding steroid dienone is 1. The van der Waals surface area contributed by atoms with Crippen LogP contribution in [-0.2, 0) is 11.2 Å². The molecule has 29 heavy (non-hydrogen) atoms. The Balaban J connectivity index is 3.01. The van der Waals surface area contributed by atoms with Gasteiger partial charge in [0, 0.05) is 10.0 Å². The lowest BCUT2D eigenvalue weighted by molar-refractivity contribution is -0.116. The minimum atomic E-state index is -0.158. The monoisotopic (exact) mass is 483 g/mol. The second-order valence-corrected chi connectivity index (χ2v) is 9.03. The first-order valence-corrected chi connectivity index (χ1v) is 12.0. The highest BCUT2D eigenvalue weighted by atomic mass is 79.9. The number of aliphatic imine (C=N–C) groups is 1. The van der Waals surface area contributed by atoms with Gasteiger partial charge in [0.1, 0.15) is 5.75 Å². The lowest BCUT2D eigenvalue weighted by atomic mass is 10.1. The first-order chi connectivity index (χ1) is 13.9. The molecule has 0 aliphatic rings. The van der Waals surface area contributed by atoms with Gasteiger partial charge in [-0.2, -0.15) is 0 Å². The van der Waals surface area contributed by atoms with Crippen LogP contribution in [0.15, 0.2) is 38.1 Å². The Labute approximate surface area is 188 Å². The number of nitrogens with two attached hydrogens (primary N) is 1. The molecule has 162 valence electrons. The van der Waals surface area contributed by atoms with Gasteiger partial charge in [-0.05, 0) is 67.0 Å². The molecule has 0 saturated carbocycles. The van der Waals surface area contributed by atoms with Crippen molar-refractivity contribution in [1.82, 2.24) is 5.32 Å². The van der Waals surface area contributed by atoms with Crippen LogP contribution < -0.4 is 15.8 Å². The third-order valence-corrected chi connectivity index (χ3v) is 6.04. The third kappa shape index (κ3) is 8.83. The van der Waals surface area contributed by atoms with E-state index < -0.39 is 0 Å². The Morgan fingerprint density at radius 1 is 1.34 bits per heavy atom. The number of rotatable bonds is 11. The van der Waals surface area contributed by atoms with Gasteiger partial charge in [-0.3, -0.25) is 15.1 Å². The number of nitrogens with one attached hydrogen (secondary N) is 1. The molecule has 1 aromatic carbocycles. The van der Waals surface area contributed by atoms with Crippen molar-refractivity contribution >= 4 is 39.6 Å². The van der Waals surface area contributed by atoms with Gasteiger partial charge in [-0.15, -0.1) is 11.8 Å². The fourth-order valence-corrected chi connectivity index (χ4v) is 4.52. The molecule has 0 fully saturated rings. The Kier molecular flexibility index (Phi) is 12.1. The van der Waals surface area contributed by atoms with Crippen LogP contribution in [0.1, 0.15) is 58.9 Å². The molecule has 3 N–H and O–H groups in total. The van der Waals surface area contributed by atoms with Crippen molar-refractivity contribution in [2.45, 2.75) is 65.8 Å². The van der Waals surface area contributed by atoms with E-state index in [0.29, 0.717) is 6.42 Å². The molecule has 0 spiro atoms. The first-order valence-electron chi connectivity index (χ1n) is 10.2. The molecule has 1 rings (SSSR count). The summed E-state index contributed by atoms with van der Waals surface area (Å²) in [6.45, 7) is 8.20. The van der Waals surface area contributed by atoms with Crippen molar-refractivity contribution in [3.05, 3.63) is 38.7 Å². The Hall–Kier alpha value is -1.47. The fraction of sp³-hybridized carbons (Fsp3) is 0.545. The molecule has 0 saturated heterocycles. The van der Waals surface area contributed by atoms with Crippen LogP contribution in [-0.4, -0.2) is 30.8 Å². The van der Waals surface area contributed by atoms with Crippen molar-refractivity contribution in [1.29, 1.82) is 0 Å². The van der Waals surface area contributed by atoms with Crippen LogP contribution in [0.4, 0.5) is 0 Å². The molecule has 0 aliphatic heterocycles. The number of amides is 1. The number of aryl methyl sites for hydroxylation is 1. The molecule has 0 bridgehead atoms. The third-order valence-electron chi connectivity index (χ3n) is 4.45. The smallest absolute Gasteiger partial charge is 0.254 e. The van der Waals surface area contributed by atoms with Gasteiger partial charge in [0.05, 0.1) is 13.2 Å². The van der Waals surface area contributed by atoms with Gasteiger partial charge in [-0.25, -0.2) is 0 Å². The van der Waals surface area contributed by atoms with Crippen LogP contribution in [0.5, 0.6) is 5.75 Å². The molecule has 1 unspecified atom stereocenters. The molecular weight excluding hydrogens is 450 g/mol. The van der Waals surface area contributed by atoms with Gasteiger partial charge in [-0.1, -0.05) is 43.1 Å². The van der Waals surface area contributed by atoms with Crippen LogP contribution in [0.25, 0.3) is 0 Å². The highest BCUT2D eigenvalue weighted by molar-refractivity contribution is 9.10. The minimum absolute atomic E-state index is 0.0998. The highest BCUT2D eigenvalue weighted by Gasteiger charge is 2.16.